The number of nitrogens with one attached hydrogen (secondary N) is 4. The van der Waals surface area contributed by atoms with E-state index in [0.717, 1.165) is 0 Å². The van der Waals surface area contributed by atoms with Crippen molar-refractivity contribution in [2.45, 2.75) is 0 Å². The number of anilines is 2. The molecule has 9 heteroatoms. The van der Waals surface area contributed by atoms with Crippen LogP contribution < -0.4 is 10.6 Å². The Hall–Kier alpha value is -4.50. The summed E-state index contributed by atoms with van der Waals surface area (Å²) < 4.78 is 0.375. The van der Waals surface area contributed by atoms with Crippen molar-refractivity contribution in [3.05, 3.63) is 107 Å². The number of hydrogen-bond acceptors (Lipinski definition) is 4. The average molecular weight is 527 g/mol. The van der Waals surface area contributed by atoms with Crippen LogP contribution in [0.3, 0.4) is 0 Å². The molecule has 0 spiro atoms. The van der Waals surface area contributed by atoms with Crippen LogP contribution in [-0.2, 0) is 0 Å². The number of carbonyl (C=O) groups is 2. The van der Waals surface area contributed by atoms with Gasteiger partial charge in [-0.25, -0.2) is 9.97 Å². The highest BCUT2D eigenvalue weighted by atomic mass is 79.9. The fraction of sp³-hybridized carbons (Fsp3) is 0. The second-order valence-corrected chi connectivity index (χ2v) is 8.33. The summed E-state index contributed by atoms with van der Waals surface area (Å²) in [5.41, 5.74) is 4.71. The minimum absolute atomic E-state index is 0.255. The van der Waals surface area contributed by atoms with Gasteiger partial charge in [-0.05, 0) is 70.5 Å². The minimum atomic E-state index is -0.255. The number of benzene rings is 2. The predicted octanol–water partition coefficient (Wildman–Crippen LogP) is 5.73. The Morgan fingerprint density at radius 1 is 0.629 bits per heavy atom. The van der Waals surface area contributed by atoms with Gasteiger partial charge in [0.2, 0.25) is 0 Å². The van der Waals surface area contributed by atoms with Crippen LogP contribution in [0.5, 0.6) is 0 Å². The minimum Gasteiger partial charge on any atom is -0.349 e. The summed E-state index contributed by atoms with van der Waals surface area (Å²) >= 11 is 3.36. The first-order valence-corrected chi connectivity index (χ1v) is 11.5. The van der Waals surface area contributed by atoms with E-state index in [1.54, 1.807) is 30.3 Å². The number of H-pyrrole nitrogens is 2. The summed E-state index contributed by atoms with van der Waals surface area (Å²) in [5.74, 6) is -0.511. The fourth-order valence-electron chi connectivity index (χ4n) is 3.49. The normalized spacial score (nSPS) is 10.7. The SMILES string of the molecule is O=C(Nc1ccccc1)c1ccc(-c2cc(-c3ccc(C(=O)Nc4ccccc4)[nH]3)nc(Br)n2)[nH]1. The van der Waals surface area contributed by atoms with Crippen molar-refractivity contribution in [1.29, 1.82) is 0 Å². The van der Waals surface area contributed by atoms with Gasteiger partial charge in [-0.15, -0.1) is 0 Å². The van der Waals surface area contributed by atoms with Gasteiger partial charge in [0.1, 0.15) is 11.4 Å². The molecule has 0 aliphatic rings. The molecular weight excluding hydrogens is 508 g/mol. The zero-order chi connectivity index (χ0) is 24.2. The van der Waals surface area contributed by atoms with Gasteiger partial charge in [0.05, 0.1) is 22.8 Å². The summed E-state index contributed by atoms with van der Waals surface area (Å²) in [4.78, 5) is 40.3. The van der Waals surface area contributed by atoms with Gasteiger partial charge in [0.15, 0.2) is 4.73 Å². The van der Waals surface area contributed by atoms with Crippen LogP contribution in [0.15, 0.2) is 95.7 Å². The number of nitrogens with zero attached hydrogens (tertiary/aromatic N) is 2. The van der Waals surface area contributed by atoms with E-state index in [0.29, 0.717) is 50.3 Å². The first-order valence-electron chi connectivity index (χ1n) is 10.7. The molecule has 3 aromatic heterocycles. The second kappa shape index (κ2) is 9.78. The monoisotopic (exact) mass is 526 g/mol. The highest BCUT2D eigenvalue weighted by molar-refractivity contribution is 9.10. The number of hydrogen-bond donors (Lipinski definition) is 4. The molecule has 8 nitrogen and oxygen atoms in total. The van der Waals surface area contributed by atoms with Gasteiger partial charge >= 0.3 is 0 Å². The van der Waals surface area contributed by atoms with E-state index < -0.39 is 0 Å². The van der Waals surface area contributed by atoms with Crippen molar-refractivity contribution in [3.63, 3.8) is 0 Å². The summed E-state index contributed by atoms with van der Waals surface area (Å²) in [6.45, 7) is 0. The van der Waals surface area contributed by atoms with Crippen molar-refractivity contribution in [1.82, 2.24) is 19.9 Å². The van der Waals surface area contributed by atoms with Crippen LogP contribution in [0.25, 0.3) is 22.8 Å². The van der Waals surface area contributed by atoms with Crippen LogP contribution in [0.2, 0.25) is 0 Å². The van der Waals surface area contributed by atoms with Crippen molar-refractivity contribution >= 4 is 39.1 Å². The lowest BCUT2D eigenvalue weighted by atomic mass is 10.2. The van der Waals surface area contributed by atoms with E-state index in [1.807, 2.05) is 60.7 Å². The molecule has 0 bridgehead atoms. The Balaban J connectivity index is 1.35. The lowest BCUT2D eigenvalue weighted by Crippen LogP contribution is -2.12. The first kappa shape index (κ1) is 22.3. The molecule has 0 atom stereocenters. The van der Waals surface area contributed by atoms with Crippen molar-refractivity contribution in [2.24, 2.45) is 0 Å². The molecule has 5 rings (SSSR count). The Labute approximate surface area is 209 Å². The van der Waals surface area contributed by atoms with Crippen LogP contribution in [0.4, 0.5) is 11.4 Å². The molecule has 4 N–H and O–H groups in total. The van der Waals surface area contributed by atoms with Crippen molar-refractivity contribution in [2.75, 3.05) is 10.6 Å². The summed E-state index contributed by atoms with van der Waals surface area (Å²) in [7, 11) is 0. The zero-order valence-electron chi connectivity index (χ0n) is 18.2. The average Bonchev–Trinajstić information content (AvgIpc) is 3.56. The topological polar surface area (TPSA) is 116 Å². The first-order chi connectivity index (χ1) is 17.0. The molecule has 0 radical (unpaired) electrons. The van der Waals surface area contributed by atoms with Crippen LogP contribution >= 0.6 is 15.9 Å². The third-order valence-corrected chi connectivity index (χ3v) is 5.53. The maximum absolute atomic E-state index is 12.6. The molecular formula is C26H19BrN6O2. The Kier molecular flexibility index (Phi) is 6.23. The molecule has 0 unspecified atom stereocenters. The quantitative estimate of drug-likeness (QED) is 0.211. The molecule has 2 aromatic carbocycles. The number of carbonyl (C=O) groups excluding carboxylic acids is 2. The number of halogens is 1. The Morgan fingerprint density at radius 2 is 1.06 bits per heavy atom. The second-order valence-electron chi connectivity index (χ2n) is 7.62. The molecule has 5 aromatic rings. The highest BCUT2D eigenvalue weighted by Crippen LogP contribution is 2.25. The lowest BCUT2D eigenvalue weighted by Gasteiger charge is -2.05. The largest absolute Gasteiger partial charge is 0.349 e. The van der Waals surface area contributed by atoms with Gasteiger partial charge < -0.3 is 20.6 Å². The zero-order valence-corrected chi connectivity index (χ0v) is 19.8. The molecule has 172 valence electrons. The molecule has 3 heterocycles. The van der Waals surface area contributed by atoms with E-state index in [2.05, 4.69) is 46.5 Å². The number of para-hydroxylation sites is 2. The van der Waals surface area contributed by atoms with E-state index in [4.69, 9.17) is 0 Å². The van der Waals surface area contributed by atoms with Gasteiger partial charge in [-0.3, -0.25) is 9.59 Å². The predicted molar refractivity (Wildman–Crippen MR) is 138 cm³/mol. The molecule has 0 saturated heterocycles. The third kappa shape index (κ3) is 5.20. The van der Waals surface area contributed by atoms with Crippen LogP contribution in [0.1, 0.15) is 21.0 Å². The third-order valence-electron chi connectivity index (χ3n) is 5.18. The maximum atomic E-state index is 12.6. The molecule has 0 saturated carbocycles. The number of rotatable bonds is 6. The molecule has 35 heavy (non-hydrogen) atoms. The summed E-state index contributed by atoms with van der Waals surface area (Å²) in [6.07, 6.45) is 0. The number of aromatic amines is 2. The Bertz CT molecular complexity index is 1380. The number of amides is 2. The molecule has 2 amide bonds. The van der Waals surface area contributed by atoms with E-state index in [9.17, 15) is 9.59 Å². The Morgan fingerprint density at radius 3 is 1.49 bits per heavy atom. The van der Waals surface area contributed by atoms with Gasteiger partial charge in [0, 0.05) is 11.4 Å². The highest BCUT2D eigenvalue weighted by Gasteiger charge is 2.15. The fourth-order valence-corrected chi connectivity index (χ4v) is 3.87. The van der Waals surface area contributed by atoms with E-state index in [1.165, 1.54) is 0 Å². The van der Waals surface area contributed by atoms with E-state index >= 15 is 0 Å². The van der Waals surface area contributed by atoms with Crippen molar-refractivity contribution in [3.8, 4) is 22.8 Å². The number of aromatic nitrogens is 4. The standard InChI is InChI=1S/C26H19BrN6O2/c27-26-32-22(18-11-13-20(30-18)24(34)28-16-7-3-1-4-8-16)15-23(33-26)19-12-14-21(31-19)25(35)29-17-9-5-2-6-10-17/h1-15,30-31H,(H,28,34)(H,29,35). The molecule has 0 fully saturated rings. The smallest absolute Gasteiger partial charge is 0.272 e. The maximum Gasteiger partial charge on any atom is 0.272 e. The van der Waals surface area contributed by atoms with Gasteiger partial charge in [0.25, 0.3) is 11.8 Å². The van der Waals surface area contributed by atoms with Crippen LogP contribution in [-0.4, -0.2) is 31.8 Å². The van der Waals surface area contributed by atoms with Gasteiger partial charge in [-0.1, -0.05) is 36.4 Å². The van der Waals surface area contributed by atoms with E-state index in [-0.39, 0.29) is 11.8 Å². The van der Waals surface area contributed by atoms with Gasteiger partial charge in [-0.2, -0.15) is 0 Å². The molecule has 0 aliphatic heterocycles. The van der Waals surface area contributed by atoms with Crippen molar-refractivity contribution < 1.29 is 9.59 Å². The molecule has 0 aliphatic carbocycles. The lowest BCUT2D eigenvalue weighted by molar-refractivity contribution is 0.101. The van der Waals surface area contributed by atoms with Crippen LogP contribution in [0, 0.1) is 0 Å². The summed E-state index contributed by atoms with van der Waals surface area (Å²) in [6, 6.07) is 27.2. The summed E-state index contributed by atoms with van der Waals surface area (Å²) in [5, 5.41) is 5.69.